The van der Waals surface area contributed by atoms with Gasteiger partial charge in [-0.3, -0.25) is 9.59 Å². The van der Waals surface area contributed by atoms with Gasteiger partial charge in [0, 0.05) is 11.4 Å². The summed E-state index contributed by atoms with van der Waals surface area (Å²) in [5, 5.41) is 4.79. The number of rotatable bonds is 6. The van der Waals surface area contributed by atoms with Gasteiger partial charge in [0.05, 0.1) is 18.2 Å². The molecular weight excluding hydrogens is 438 g/mol. The van der Waals surface area contributed by atoms with Crippen LogP contribution in [0.3, 0.4) is 0 Å². The Bertz CT molecular complexity index is 1430. The van der Waals surface area contributed by atoms with Crippen LogP contribution in [-0.4, -0.2) is 28.3 Å². The molecule has 0 saturated carbocycles. The maximum Gasteiger partial charge on any atom is 0.296 e. The third-order valence-electron chi connectivity index (χ3n) is 4.55. The monoisotopic (exact) mass is 455 g/mol. The molecule has 0 fully saturated rings. The van der Waals surface area contributed by atoms with E-state index < -0.39 is 5.56 Å². The zero-order valence-corrected chi connectivity index (χ0v) is 18.4. The first-order valence-electron chi connectivity index (χ1n) is 9.49. The Kier molecular flexibility index (Phi) is 6.01. The Morgan fingerprint density at radius 1 is 1.16 bits per heavy atom. The van der Waals surface area contributed by atoms with E-state index in [-0.39, 0.29) is 22.6 Å². The Balaban J connectivity index is 1.77. The summed E-state index contributed by atoms with van der Waals surface area (Å²) in [5.41, 5.74) is 0.834. The van der Waals surface area contributed by atoms with Crippen molar-refractivity contribution in [3.8, 4) is 11.5 Å². The largest absolute Gasteiger partial charge is 0.493 e. The summed E-state index contributed by atoms with van der Waals surface area (Å²) < 4.78 is 12.4. The maximum absolute atomic E-state index is 12.9. The van der Waals surface area contributed by atoms with Crippen LogP contribution in [0.4, 0.5) is 0 Å². The van der Waals surface area contributed by atoms with Crippen LogP contribution in [0, 0.1) is 0 Å². The fourth-order valence-corrected chi connectivity index (χ4v) is 4.18. The normalized spacial score (nSPS) is 11.8. The molecule has 2 heterocycles. The molecule has 0 atom stereocenters. The highest BCUT2D eigenvalue weighted by atomic mass is 35.5. The highest BCUT2D eigenvalue weighted by molar-refractivity contribution is 7.15. The standard InChI is InChI=1S/C22H18ClN3O4S/c1-3-30-17-9-8-13(10-18(17)29-2)11-19-21(28)26-22(31-19)24-20(27)16(25-26)12-14-6-4-5-7-15(14)23/h4-11H,3,12H2,1-2H3/b19-11-. The molecular formula is C22H18ClN3O4S. The van der Waals surface area contributed by atoms with Crippen LogP contribution in [0.1, 0.15) is 23.7 Å². The number of fused-ring (bicyclic) bond motifs is 1. The Hall–Kier alpha value is -3.23. The highest BCUT2D eigenvalue weighted by Crippen LogP contribution is 2.28. The van der Waals surface area contributed by atoms with Gasteiger partial charge in [-0.1, -0.05) is 47.2 Å². The first kappa shape index (κ1) is 21.0. The molecule has 2 aromatic carbocycles. The van der Waals surface area contributed by atoms with E-state index in [0.717, 1.165) is 27.0 Å². The molecule has 9 heteroatoms. The quantitative estimate of drug-likeness (QED) is 0.444. The molecule has 0 N–H and O–H groups in total. The minimum Gasteiger partial charge on any atom is -0.493 e. The van der Waals surface area contributed by atoms with Crippen molar-refractivity contribution in [1.29, 1.82) is 0 Å². The van der Waals surface area contributed by atoms with Gasteiger partial charge in [0.15, 0.2) is 11.5 Å². The van der Waals surface area contributed by atoms with E-state index in [2.05, 4.69) is 10.1 Å². The van der Waals surface area contributed by atoms with Crippen molar-refractivity contribution in [2.75, 3.05) is 13.7 Å². The van der Waals surface area contributed by atoms with Gasteiger partial charge in [-0.25, -0.2) is 0 Å². The third kappa shape index (κ3) is 4.30. The van der Waals surface area contributed by atoms with Crippen LogP contribution in [0.5, 0.6) is 11.5 Å². The molecule has 0 bridgehead atoms. The van der Waals surface area contributed by atoms with Crippen LogP contribution in [0.25, 0.3) is 11.0 Å². The molecule has 2 aromatic heterocycles. The van der Waals surface area contributed by atoms with Crippen LogP contribution >= 0.6 is 22.9 Å². The van der Waals surface area contributed by atoms with Gasteiger partial charge in [0.25, 0.3) is 11.1 Å². The predicted molar refractivity (Wildman–Crippen MR) is 121 cm³/mol. The first-order valence-corrected chi connectivity index (χ1v) is 10.7. The van der Waals surface area contributed by atoms with Crippen molar-refractivity contribution in [2.45, 2.75) is 13.3 Å². The van der Waals surface area contributed by atoms with Crippen molar-refractivity contribution < 1.29 is 9.47 Å². The van der Waals surface area contributed by atoms with E-state index in [1.807, 2.05) is 25.1 Å². The maximum atomic E-state index is 12.9. The average molecular weight is 456 g/mol. The molecule has 31 heavy (non-hydrogen) atoms. The molecule has 7 nitrogen and oxygen atoms in total. The molecule has 0 aliphatic rings. The summed E-state index contributed by atoms with van der Waals surface area (Å²) in [5.74, 6) is 1.19. The van der Waals surface area contributed by atoms with Crippen molar-refractivity contribution in [3.05, 3.63) is 89.5 Å². The van der Waals surface area contributed by atoms with Crippen LogP contribution in [0.2, 0.25) is 5.02 Å². The summed E-state index contributed by atoms with van der Waals surface area (Å²) in [6.45, 7) is 2.41. The van der Waals surface area contributed by atoms with E-state index in [0.29, 0.717) is 27.7 Å². The minimum atomic E-state index is -0.476. The molecule has 0 spiro atoms. The molecule has 0 radical (unpaired) electrons. The third-order valence-corrected chi connectivity index (χ3v) is 5.88. The molecule has 0 aliphatic carbocycles. The number of benzene rings is 2. The Labute approximate surface area is 186 Å². The highest BCUT2D eigenvalue weighted by Gasteiger charge is 2.13. The van der Waals surface area contributed by atoms with Gasteiger partial charge in [-0.05, 0) is 42.3 Å². The molecule has 0 saturated heterocycles. The number of thiazole rings is 1. The smallest absolute Gasteiger partial charge is 0.296 e. The number of nitrogens with zero attached hydrogens (tertiary/aromatic N) is 3. The predicted octanol–water partition coefficient (Wildman–Crippen LogP) is 2.71. The SMILES string of the molecule is CCOc1ccc(/C=c2\sc3nc(=O)c(Cc4ccccc4Cl)nn3c2=O)cc1OC. The fourth-order valence-electron chi connectivity index (χ4n) is 3.07. The lowest BCUT2D eigenvalue weighted by atomic mass is 10.1. The van der Waals surface area contributed by atoms with Gasteiger partial charge in [-0.15, -0.1) is 0 Å². The van der Waals surface area contributed by atoms with E-state index in [9.17, 15) is 9.59 Å². The van der Waals surface area contributed by atoms with E-state index in [1.54, 1.807) is 37.5 Å². The fraction of sp³-hybridized carbons (Fsp3) is 0.182. The Morgan fingerprint density at radius 2 is 1.97 bits per heavy atom. The van der Waals surface area contributed by atoms with E-state index in [1.165, 1.54) is 0 Å². The topological polar surface area (TPSA) is 82.8 Å². The summed E-state index contributed by atoms with van der Waals surface area (Å²) in [6, 6.07) is 12.6. The zero-order chi connectivity index (χ0) is 22.0. The minimum absolute atomic E-state index is 0.162. The van der Waals surface area contributed by atoms with Gasteiger partial charge in [-0.2, -0.15) is 14.6 Å². The summed E-state index contributed by atoms with van der Waals surface area (Å²) in [4.78, 5) is 29.6. The lowest BCUT2D eigenvalue weighted by Gasteiger charge is -2.09. The molecule has 4 rings (SSSR count). The second-order valence-corrected chi connectivity index (χ2v) is 8.00. The van der Waals surface area contributed by atoms with Crippen LogP contribution in [0.15, 0.2) is 52.1 Å². The van der Waals surface area contributed by atoms with Crippen LogP contribution < -0.4 is 25.1 Å². The Morgan fingerprint density at radius 3 is 2.71 bits per heavy atom. The second kappa shape index (κ2) is 8.87. The van der Waals surface area contributed by atoms with Gasteiger partial charge in [0.1, 0.15) is 5.69 Å². The molecule has 0 aliphatic heterocycles. The number of aromatic nitrogens is 3. The van der Waals surface area contributed by atoms with E-state index >= 15 is 0 Å². The summed E-state index contributed by atoms with van der Waals surface area (Å²) >= 11 is 7.29. The lowest BCUT2D eigenvalue weighted by Crippen LogP contribution is -2.28. The summed E-state index contributed by atoms with van der Waals surface area (Å²) in [7, 11) is 1.56. The van der Waals surface area contributed by atoms with Gasteiger partial charge < -0.3 is 9.47 Å². The van der Waals surface area contributed by atoms with Crippen molar-refractivity contribution in [1.82, 2.24) is 14.6 Å². The number of ether oxygens (including phenoxy) is 2. The summed E-state index contributed by atoms with van der Waals surface area (Å²) in [6.07, 6.45) is 1.90. The number of hydrogen-bond acceptors (Lipinski definition) is 7. The molecule has 4 aromatic rings. The molecule has 0 unspecified atom stereocenters. The van der Waals surface area contributed by atoms with Gasteiger partial charge in [0.2, 0.25) is 4.96 Å². The number of halogens is 1. The van der Waals surface area contributed by atoms with Crippen molar-refractivity contribution in [3.63, 3.8) is 0 Å². The van der Waals surface area contributed by atoms with Crippen molar-refractivity contribution >= 4 is 34.0 Å². The van der Waals surface area contributed by atoms with Crippen molar-refractivity contribution in [2.24, 2.45) is 0 Å². The van der Waals surface area contributed by atoms with Gasteiger partial charge >= 0.3 is 0 Å². The molecule has 0 amide bonds. The van der Waals surface area contributed by atoms with Crippen LogP contribution in [-0.2, 0) is 6.42 Å². The first-order chi connectivity index (χ1) is 15.0. The zero-order valence-electron chi connectivity index (χ0n) is 16.8. The second-order valence-electron chi connectivity index (χ2n) is 6.59. The number of hydrogen-bond donors (Lipinski definition) is 0. The lowest BCUT2D eigenvalue weighted by molar-refractivity contribution is 0.311. The van der Waals surface area contributed by atoms with E-state index in [4.69, 9.17) is 21.1 Å². The average Bonchev–Trinajstić information content (AvgIpc) is 3.05. The number of methoxy groups -OCH3 is 1. The molecule has 158 valence electrons.